The lowest BCUT2D eigenvalue weighted by Crippen LogP contribution is -2.40. The molecule has 1 heterocycles. The number of sulfonamides is 1. The zero-order valence-electron chi connectivity index (χ0n) is 17.3. The predicted octanol–water partition coefficient (Wildman–Crippen LogP) is 3.24. The average Bonchev–Trinajstić information content (AvgIpc) is 2.78. The van der Waals surface area contributed by atoms with Gasteiger partial charge in [0, 0.05) is 13.1 Å². The van der Waals surface area contributed by atoms with Gasteiger partial charge in [-0.1, -0.05) is 43.7 Å². The third kappa shape index (κ3) is 5.00. The van der Waals surface area contributed by atoms with Crippen LogP contribution in [0.2, 0.25) is 0 Å². The average molecular weight is 433 g/mol. The standard InChI is InChI=1S/C22H28N2O5S/c1-3-7-19(17-8-5-4-6-9-17)22(25)23-20-16-18(10-11-21(20)28-2)30(26,27)24-12-14-29-15-13-24/h4-6,8-11,16,19H,3,7,12-15H2,1-2H3,(H,23,25)/t19-/m0/s1. The van der Waals surface area contributed by atoms with Crippen LogP contribution in [-0.2, 0) is 19.6 Å². The summed E-state index contributed by atoms with van der Waals surface area (Å²) in [5, 5.41) is 2.89. The molecule has 0 bridgehead atoms. The van der Waals surface area contributed by atoms with Crippen LogP contribution in [-0.4, -0.2) is 52.0 Å². The minimum Gasteiger partial charge on any atom is -0.495 e. The fourth-order valence-electron chi connectivity index (χ4n) is 3.52. The first-order valence-corrected chi connectivity index (χ1v) is 11.5. The first-order chi connectivity index (χ1) is 14.5. The maximum atomic E-state index is 13.1. The SMILES string of the molecule is CCC[C@H](C(=O)Nc1cc(S(=O)(=O)N2CCOCC2)ccc1OC)c1ccccc1. The van der Waals surface area contributed by atoms with Gasteiger partial charge in [0.1, 0.15) is 5.75 Å². The quantitative estimate of drug-likeness (QED) is 0.692. The molecule has 1 saturated heterocycles. The molecule has 1 amide bonds. The lowest BCUT2D eigenvalue weighted by Gasteiger charge is -2.26. The molecule has 1 aliphatic rings. The van der Waals surface area contributed by atoms with Crippen molar-refractivity contribution >= 4 is 21.6 Å². The van der Waals surface area contributed by atoms with Gasteiger partial charge in [-0.2, -0.15) is 4.31 Å². The Balaban J connectivity index is 1.89. The molecule has 162 valence electrons. The van der Waals surface area contributed by atoms with Crippen molar-refractivity contribution in [2.45, 2.75) is 30.6 Å². The Hall–Kier alpha value is -2.42. The van der Waals surface area contributed by atoms with Crippen LogP contribution >= 0.6 is 0 Å². The maximum Gasteiger partial charge on any atom is 0.243 e. The normalized spacial score (nSPS) is 16.1. The highest BCUT2D eigenvalue weighted by Crippen LogP contribution is 2.31. The number of hydrogen-bond donors (Lipinski definition) is 1. The molecule has 0 aromatic heterocycles. The topological polar surface area (TPSA) is 84.9 Å². The van der Waals surface area contributed by atoms with Gasteiger partial charge in [0.2, 0.25) is 15.9 Å². The number of benzene rings is 2. The Morgan fingerprint density at radius 2 is 1.87 bits per heavy atom. The highest BCUT2D eigenvalue weighted by atomic mass is 32.2. The fraction of sp³-hybridized carbons (Fsp3) is 0.409. The van der Waals surface area contributed by atoms with E-state index >= 15 is 0 Å². The Morgan fingerprint density at radius 3 is 2.50 bits per heavy atom. The molecule has 1 aliphatic heterocycles. The van der Waals surface area contributed by atoms with E-state index < -0.39 is 10.0 Å². The van der Waals surface area contributed by atoms with Gasteiger partial charge in [-0.05, 0) is 30.2 Å². The number of methoxy groups -OCH3 is 1. The zero-order chi connectivity index (χ0) is 21.6. The van der Waals surface area contributed by atoms with Gasteiger partial charge in [-0.15, -0.1) is 0 Å². The summed E-state index contributed by atoms with van der Waals surface area (Å²) >= 11 is 0. The van der Waals surface area contributed by atoms with Crippen molar-refractivity contribution in [2.24, 2.45) is 0 Å². The number of amides is 1. The number of rotatable bonds is 8. The van der Waals surface area contributed by atoms with Crippen LogP contribution in [0.25, 0.3) is 0 Å². The summed E-state index contributed by atoms with van der Waals surface area (Å²) in [6.45, 7) is 3.38. The summed E-state index contributed by atoms with van der Waals surface area (Å²) in [5.41, 5.74) is 1.27. The van der Waals surface area contributed by atoms with Crippen molar-refractivity contribution in [1.82, 2.24) is 4.31 Å². The molecule has 0 spiro atoms. The van der Waals surface area contributed by atoms with Crippen molar-refractivity contribution < 1.29 is 22.7 Å². The van der Waals surface area contributed by atoms with Gasteiger partial charge >= 0.3 is 0 Å². The molecule has 2 aromatic carbocycles. The van der Waals surface area contributed by atoms with E-state index in [1.807, 2.05) is 37.3 Å². The first-order valence-electron chi connectivity index (χ1n) is 10.1. The Kier molecular flexibility index (Phi) is 7.47. The lowest BCUT2D eigenvalue weighted by molar-refractivity contribution is -0.117. The van der Waals surface area contributed by atoms with Gasteiger partial charge in [0.05, 0.1) is 36.8 Å². The van der Waals surface area contributed by atoms with Gasteiger partial charge in [0.25, 0.3) is 0 Å². The molecule has 8 heteroatoms. The first kappa shape index (κ1) is 22.3. The van der Waals surface area contributed by atoms with Crippen molar-refractivity contribution in [2.75, 3.05) is 38.7 Å². The molecule has 0 unspecified atom stereocenters. The molecule has 7 nitrogen and oxygen atoms in total. The van der Waals surface area contributed by atoms with Crippen LogP contribution in [0.1, 0.15) is 31.2 Å². The number of ether oxygens (including phenoxy) is 2. The molecular weight excluding hydrogens is 404 g/mol. The Bertz CT molecular complexity index is 957. The predicted molar refractivity (Wildman–Crippen MR) is 115 cm³/mol. The number of anilines is 1. The highest BCUT2D eigenvalue weighted by Gasteiger charge is 2.28. The third-order valence-corrected chi connectivity index (χ3v) is 7.03. The van der Waals surface area contributed by atoms with Crippen LogP contribution in [0.4, 0.5) is 5.69 Å². The van der Waals surface area contributed by atoms with Gasteiger partial charge in [-0.25, -0.2) is 8.42 Å². The Labute approximate surface area is 178 Å². The van der Waals surface area contributed by atoms with Crippen LogP contribution in [0, 0.1) is 0 Å². The number of carbonyl (C=O) groups excluding carboxylic acids is 1. The molecule has 0 aliphatic carbocycles. The third-order valence-electron chi connectivity index (χ3n) is 5.13. The van der Waals surface area contributed by atoms with E-state index in [-0.39, 0.29) is 16.7 Å². The van der Waals surface area contributed by atoms with E-state index in [1.54, 1.807) is 6.07 Å². The molecule has 1 fully saturated rings. The molecular formula is C22H28N2O5S. The second kappa shape index (κ2) is 10.1. The summed E-state index contributed by atoms with van der Waals surface area (Å²) in [6.07, 6.45) is 1.53. The van der Waals surface area contributed by atoms with E-state index in [0.717, 1.165) is 12.0 Å². The highest BCUT2D eigenvalue weighted by molar-refractivity contribution is 7.89. The zero-order valence-corrected chi connectivity index (χ0v) is 18.2. The van der Waals surface area contributed by atoms with Gasteiger partial charge < -0.3 is 14.8 Å². The molecule has 1 atom stereocenters. The number of hydrogen-bond acceptors (Lipinski definition) is 5. The number of carbonyl (C=O) groups is 1. The van der Waals surface area contributed by atoms with Crippen molar-refractivity contribution in [3.63, 3.8) is 0 Å². The lowest BCUT2D eigenvalue weighted by atomic mass is 9.93. The molecule has 0 saturated carbocycles. The van der Waals surface area contributed by atoms with E-state index in [1.165, 1.54) is 23.5 Å². The number of morpholine rings is 1. The van der Waals surface area contributed by atoms with Crippen LogP contribution in [0.3, 0.4) is 0 Å². The summed E-state index contributed by atoms with van der Waals surface area (Å²) in [5.74, 6) is -0.115. The summed E-state index contributed by atoms with van der Waals surface area (Å²) < 4.78 is 38.0. The minimum absolute atomic E-state index is 0.118. The van der Waals surface area contributed by atoms with E-state index in [4.69, 9.17) is 9.47 Å². The van der Waals surface area contributed by atoms with Crippen LogP contribution in [0.15, 0.2) is 53.4 Å². The molecule has 3 rings (SSSR count). The van der Waals surface area contributed by atoms with E-state index in [2.05, 4.69) is 5.32 Å². The van der Waals surface area contributed by atoms with Crippen LogP contribution in [0.5, 0.6) is 5.75 Å². The number of nitrogens with one attached hydrogen (secondary N) is 1. The second-order valence-corrected chi connectivity index (χ2v) is 9.06. The van der Waals surface area contributed by atoms with E-state index in [9.17, 15) is 13.2 Å². The molecule has 1 N–H and O–H groups in total. The van der Waals surface area contributed by atoms with E-state index in [0.29, 0.717) is 44.2 Å². The van der Waals surface area contributed by atoms with Crippen molar-refractivity contribution in [3.8, 4) is 5.75 Å². The second-order valence-electron chi connectivity index (χ2n) is 7.12. The Morgan fingerprint density at radius 1 is 1.17 bits per heavy atom. The maximum absolute atomic E-state index is 13.1. The molecule has 0 radical (unpaired) electrons. The largest absolute Gasteiger partial charge is 0.495 e. The molecule has 30 heavy (non-hydrogen) atoms. The van der Waals surface area contributed by atoms with Gasteiger partial charge in [0.15, 0.2) is 0 Å². The van der Waals surface area contributed by atoms with Crippen molar-refractivity contribution in [3.05, 3.63) is 54.1 Å². The summed E-state index contributed by atoms with van der Waals surface area (Å²) in [6, 6.07) is 14.1. The molecule has 2 aromatic rings. The van der Waals surface area contributed by atoms with Crippen molar-refractivity contribution in [1.29, 1.82) is 0 Å². The fourth-order valence-corrected chi connectivity index (χ4v) is 4.96. The van der Waals surface area contributed by atoms with Crippen LogP contribution < -0.4 is 10.1 Å². The minimum atomic E-state index is -3.68. The number of nitrogens with zero attached hydrogens (tertiary/aromatic N) is 1. The summed E-state index contributed by atoms with van der Waals surface area (Å²) in [4.78, 5) is 13.2. The summed E-state index contributed by atoms with van der Waals surface area (Å²) in [7, 11) is -2.19. The smallest absolute Gasteiger partial charge is 0.243 e. The monoisotopic (exact) mass is 432 g/mol. The van der Waals surface area contributed by atoms with Gasteiger partial charge in [-0.3, -0.25) is 4.79 Å².